The second-order valence-corrected chi connectivity index (χ2v) is 11.9. The second-order valence-electron chi connectivity index (χ2n) is 7.93. The number of anilines is 2. The van der Waals surface area contributed by atoms with E-state index in [-0.39, 0.29) is 5.65 Å². The van der Waals surface area contributed by atoms with Gasteiger partial charge in [-0.1, -0.05) is 12.1 Å². The summed E-state index contributed by atoms with van der Waals surface area (Å²) in [5.41, 5.74) is 7.94. The predicted octanol–water partition coefficient (Wildman–Crippen LogP) is -0.0230. The molecule has 0 radical (unpaired) electrons. The maximum absolute atomic E-state index is 11.9. The van der Waals surface area contributed by atoms with Crippen LogP contribution in [-0.4, -0.2) is 75.2 Å². The number of benzene rings is 1. The summed E-state index contributed by atoms with van der Waals surface area (Å²) in [7, 11) is -9.48. The molecule has 1 unspecified atom stereocenters. The van der Waals surface area contributed by atoms with Gasteiger partial charge < -0.3 is 45.2 Å². The van der Waals surface area contributed by atoms with E-state index < -0.39 is 52.2 Å². The van der Waals surface area contributed by atoms with E-state index in [1.807, 2.05) is 12.1 Å². The number of aliphatic hydroxyl groups is 2. The Kier molecular flexibility index (Phi) is 7.25. The molecule has 0 aliphatic carbocycles. The summed E-state index contributed by atoms with van der Waals surface area (Å²) in [5.74, 6) is -0.971. The van der Waals surface area contributed by atoms with Crippen LogP contribution in [0.1, 0.15) is 11.8 Å². The molecule has 15 nitrogen and oxygen atoms in total. The van der Waals surface area contributed by atoms with Crippen LogP contribution in [0.3, 0.4) is 0 Å². The van der Waals surface area contributed by atoms with Crippen LogP contribution in [0.5, 0.6) is 0 Å². The van der Waals surface area contributed by atoms with Gasteiger partial charge in [0.25, 0.3) is 0 Å². The molecule has 2 aromatic heterocycles. The van der Waals surface area contributed by atoms with E-state index in [0.29, 0.717) is 23.6 Å². The van der Waals surface area contributed by atoms with Crippen molar-refractivity contribution < 1.29 is 43.3 Å². The van der Waals surface area contributed by atoms with Gasteiger partial charge in [0, 0.05) is 12.2 Å². The highest BCUT2D eigenvalue weighted by Gasteiger charge is 2.45. The van der Waals surface area contributed by atoms with Crippen LogP contribution in [0.25, 0.3) is 11.2 Å². The minimum atomic E-state index is -4.82. The fraction of sp³-hybridized carbons (Fsp3) is 0.389. The summed E-state index contributed by atoms with van der Waals surface area (Å²) in [6.45, 7) is -0.270. The fourth-order valence-corrected chi connectivity index (χ4v) is 6.12. The molecule has 5 atom stereocenters. The summed E-state index contributed by atoms with van der Waals surface area (Å²) in [6, 6.07) is 7.26. The van der Waals surface area contributed by atoms with Gasteiger partial charge in [0.2, 0.25) is 0 Å². The van der Waals surface area contributed by atoms with Gasteiger partial charge >= 0.3 is 15.2 Å². The quantitative estimate of drug-likeness (QED) is 0.142. The van der Waals surface area contributed by atoms with Gasteiger partial charge in [-0.3, -0.25) is 13.7 Å². The third-order valence-corrected chi connectivity index (χ3v) is 8.67. The lowest BCUT2D eigenvalue weighted by Crippen LogP contribution is -2.33. The second kappa shape index (κ2) is 9.90. The molecule has 35 heavy (non-hydrogen) atoms. The van der Waals surface area contributed by atoms with Gasteiger partial charge in [-0.25, -0.2) is 15.0 Å². The number of hydrogen-bond acceptors (Lipinski definition) is 11. The van der Waals surface area contributed by atoms with E-state index in [9.17, 15) is 24.2 Å². The van der Waals surface area contributed by atoms with Gasteiger partial charge in [0.15, 0.2) is 29.1 Å². The Morgan fingerprint density at radius 1 is 1.09 bits per heavy atom. The Hall–Kier alpha value is -2.45. The monoisotopic (exact) mass is 530 g/mol. The zero-order valence-electron chi connectivity index (χ0n) is 18.0. The van der Waals surface area contributed by atoms with Crippen LogP contribution in [0.15, 0.2) is 36.9 Å². The van der Waals surface area contributed by atoms with Crippen molar-refractivity contribution in [3.63, 3.8) is 0 Å². The molecule has 3 aromatic rings. The van der Waals surface area contributed by atoms with Gasteiger partial charge in [0.1, 0.15) is 24.6 Å². The zero-order chi connectivity index (χ0) is 25.4. The van der Waals surface area contributed by atoms with Crippen LogP contribution in [0.2, 0.25) is 0 Å². The van der Waals surface area contributed by atoms with Crippen molar-refractivity contribution in [2.24, 2.45) is 0 Å². The van der Waals surface area contributed by atoms with E-state index in [4.69, 9.17) is 24.8 Å². The summed E-state index contributed by atoms with van der Waals surface area (Å²) < 4.78 is 34.6. The molecule has 8 N–H and O–H groups in total. The van der Waals surface area contributed by atoms with Crippen LogP contribution in [-0.2, 0) is 24.9 Å². The van der Waals surface area contributed by atoms with Crippen molar-refractivity contribution in [3.8, 4) is 0 Å². The lowest BCUT2D eigenvalue weighted by atomic mass is 10.1. The van der Waals surface area contributed by atoms with Gasteiger partial charge in [-0.2, -0.15) is 0 Å². The van der Waals surface area contributed by atoms with Crippen molar-refractivity contribution in [1.29, 1.82) is 0 Å². The number of nitrogen functional groups attached to an aromatic ring is 1. The molecule has 1 aliphatic rings. The van der Waals surface area contributed by atoms with Crippen LogP contribution in [0.4, 0.5) is 11.5 Å². The van der Waals surface area contributed by atoms with E-state index in [0.717, 1.165) is 5.56 Å². The highest BCUT2D eigenvalue weighted by molar-refractivity contribution is 7.70. The average molecular weight is 530 g/mol. The first-order chi connectivity index (χ1) is 16.4. The van der Waals surface area contributed by atoms with Crippen molar-refractivity contribution in [2.75, 3.05) is 23.6 Å². The van der Waals surface area contributed by atoms with Crippen molar-refractivity contribution in [1.82, 2.24) is 19.5 Å². The van der Waals surface area contributed by atoms with Gasteiger partial charge in [-0.05, 0) is 17.7 Å². The minimum Gasteiger partial charge on any atom is -0.399 e. The number of aliphatic hydroxyl groups excluding tert-OH is 2. The average Bonchev–Trinajstić information content (AvgIpc) is 3.32. The lowest BCUT2D eigenvalue weighted by molar-refractivity contribution is -0.0483. The molecule has 1 aromatic carbocycles. The lowest BCUT2D eigenvalue weighted by Gasteiger charge is -2.18. The molecule has 1 saturated heterocycles. The predicted molar refractivity (Wildman–Crippen MR) is 122 cm³/mol. The normalized spacial score (nSPS) is 24.5. The SMILES string of the molecule is Nc1ccc(CNc2ncnc3c2ncn3[C@@H]2O[C@H](COP(=O)(O)CP(=O)(O)O)[C@@H](O)[C@H]2O)cc1. The smallest absolute Gasteiger partial charge is 0.340 e. The number of hydrogen-bond donors (Lipinski definition) is 7. The van der Waals surface area contributed by atoms with Crippen molar-refractivity contribution in [3.05, 3.63) is 42.5 Å². The number of rotatable bonds is 9. The van der Waals surface area contributed by atoms with E-state index in [2.05, 4.69) is 20.3 Å². The Labute approximate surface area is 198 Å². The molecule has 4 rings (SSSR count). The fourth-order valence-electron chi connectivity index (χ4n) is 3.55. The summed E-state index contributed by atoms with van der Waals surface area (Å²) >= 11 is 0. The summed E-state index contributed by atoms with van der Waals surface area (Å²) in [6.07, 6.45) is -2.84. The summed E-state index contributed by atoms with van der Waals surface area (Å²) in [4.78, 5) is 40.1. The number of nitrogens with zero attached hydrogens (tertiary/aromatic N) is 4. The van der Waals surface area contributed by atoms with E-state index in [1.54, 1.807) is 12.1 Å². The van der Waals surface area contributed by atoms with Gasteiger partial charge in [0.05, 0.1) is 12.9 Å². The molecule has 0 amide bonds. The Morgan fingerprint density at radius 3 is 2.49 bits per heavy atom. The maximum Gasteiger partial charge on any atom is 0.340 e. The van der Waals surface area contributed by atoms with Crippen molar-refractivity contribution in [2.45, 2.75) is 31.1 Å². The van der Waals surface area contributed by atoms with Crippen LogP contribution in [0, 0.1) is 0 Å². The number of fused-ring (bicyclic) bond motifs is 1. The largest absolute Gasteiger partial charge is 0.399 e. The van der Waals surface area contributed by atoms with Crippen molar-refractivity contribution >= 4 is 37.9 Å². The van der Waals surface area contributed by atoms with E-state index >= 15 is 0 Å². The topological polar surface area (TPSA) is 235 Å². The number of aromatic nitrogens is 4. The number of ether oxygens (including phenoxy) is 1. The first-order valence-electron chi connectivity index (χ1n) is 10.2. The molecule has 0 bridgehead atoms. The standard InChI is InChI=1S/C18H24N6O9P2/c19-11-3-1-10(2-4-11)5-20-16-13-17(22-7-21-16)24(8-23-13)18-15(26)14(25)12(33-18)6-32-35(30,31)9-34(27,28)29/h1-4,7-8,12,14-15,18,25-26H,5-6,9,19H2,(H,30,31)(H,20,21,22)(H2,27,28,29)/t12-,14-,15-,18-/m1/s1. The molecule has 190 valence electrons. The molecule has 1 aliphatic heterocycles. The Morgan fingerprint density at radius 2 is 1.80 bits per heavy atom. The van der Waals surface area contributed by atoms with Crippen LogP contribution >= 0.6 is 15.2 Å². The Balaban J connectivity index is 1.48. The van der Waals surface area contributed by atoms with Gasteiger partial charge in [-0.15, -0.1) is 0 Å². The first kappa shape index (κ1) is 25.6. The molecule has 1 fully saturated rings. The zero-order valence-corrected chi connectivity index (χ0v) is 19.8. The molecule has 17 heteroatoms. The molecule has 0 saturated carbocycles. The third kappa shape index (κ3) is 6.04. The molecule has 3 heterocycles. The number of nitrogens with one attached hydrogen (secondary N) is 1. The van der Waals surface area contributed by atoms with E-state index in [1.165, 1.54) is 17.2 Å². The number of imidazole rings is 1. The first-order valence-corrected chi connectivity index (χ1v) is 13.8. The Bertz CT molecular complexity index is 1280. The molecule has 0 spiro atoms. The summed E-state index contributed by atoms with van der Waals surface area (Å²) in [5, 5.41) is 24.0. The minimum absolute atomic E-state index is 0.284. The highest BCUT2D eigenvalue weighted by atomic mass is 31.2. The number of nitrogens with two attached hydrogens (primary N) is 1. The highest BCUT2D eigenvalue weighted by Crippen LogP contribution is 2.55. The molecular weight excluding hydrogens is 506 g/mol. The third-order valence-electron chi connectivity index (χ3n) is 5.21. The van der Waals surface area contributed by atoms with Crippen LogP contribution < -0.4 is 11.1 Å². The maximum atomic E-state index is 11.9. The molecular formula is C18H24N6O9P2.